The summed E-state index contributed by atoms with van der Waals surface area (Å²) in [7, 11) is 0. The number of carbonyl (C=O) groups excluding carboxylic acids is 3. The molecule has 88 valence electrons. The largest absolute Gasteiger partial charge is 0.398 e. The molecule has 1 aliphatic rings. The minimum Gasteiger partial charge on any atom is -0.398 e. The summed E-state index contributed by atoms with van der Waals surface area (Å²) in [5.41, 5.74) is 11.4. The van der Waals surface area contributed by atoms with Crippen molar-refractivity contribution in [3.8, 4) is 0 Å². The third-order valence-electron chi connectivity index (χ3n) is 2.61. The van der Waals surface area contributed by atoms with Crippen molar-refractivity contribution in [1.82, 2.24) is 4.90 Å². The average molecular weight is 233 g/mol. The molecule has 0 aromatic heterocycles. The maximum atomic E-state index is 11.9. The van der Waals surface area contributed by atoms with Crippen LogP contribution in [0.5, 0.6) is 0 Å². The van der Waals surface area contributed by atoms with Crippen LogP contribution >= 0.6 is 0 Å². The second-order valence-electron chi connectivity index (χ2n) is 3.75. The zero-order chi connectivity index (χ0) is 12.6. The number of hydrogen-bond acceptors (Lipinski definition) is 4. The standard InChI is InChI=1S/C11H11N3O3/c12-7-3-1-2-6-9(7)11(17)14(10(6)16)5-4-8(13)15/h1-3H,4-5,12H2,(H2,13,15). The van der Waals surface area contributed by atoms with Crippen molar-refractivity contribution in [2.75, 3.05) is 12.3 Å². The van der Waals surface area contributed by atoms with E-state index in [0.29, 0.717) is 0 Å². The van der Waals surface area contributed by atoms with E-state index in [1.54, 1.807) is 12.1 Å². The van der Waals surface area contributed by atoms with Crippen molar-refractivity contribution in [3.05, 3.63) is 29.3 Å². The molecule has 0 spiro atoms. The van der Waals surface area contributed by atoms with Gasteiger partial charge in [-0.2, -0.15) is 0 Å². The molecule has 1 heterocycles. The first-order valence-electron chi connectivity index (χ1n) is 5.05. The van der Waals surface area contributed by atoms with Gasteiger partial charge in [0.25, 0.3) is 11.8 Å². The third-order valence-corrected chi connectivity index (χ3v) is 2.61. The Kier molecular flexibility index (Phi) is 2.55. The molecule has 1 aromatic rings. The fraction of sp³-hybridized carbons (Fsp3) is 0.182. The molecule has 0 unspecified atom stereocenters. The minimum atomic E-state index is -0.561. The number of amides is 3. The third kappa shape index (κ3) is 1.73. The molecule has 0 saturated heterocycles. The van der Waals surface area contributed by atoms with Gasteiger partial charge >= 0.3 is 0 Å². The molecule has 3 amide bonds. The molecule has 0 fully saturated rings. The van der Waals surface area contributed by atoms with Gasteiger partial charge in [0, 0.05) is 18.7 Å². The number of nitrogen functional groups attached to an aromatic ring is 1. The highest BCUT2D eigenvalue weighted by Crippen LogP contribution is 2.27. The lowest BCUT2D eigenvalue weighted by Gasteiger charge is -2.11. The highest BCUT2D eigenvalue weighted by molar-refractivity contribution is 6.23. The molecule has 0 aliphatic carbocycles. The quantitative estimate of drug-likeness (QED) is 0.554. The summed E-state index contributed by atoms with van der Waals surface area (Å²) in [6, 6.07) is 4.70. The van der Waals surface area contributed by atoms with E-state index in [1.165, 1.54) is 6.07 Å². The van der Waals surface area contributed by atoms with E-state index in [2.05, 4.69) is 0 Å². The van der Waals surface area contributed by atoms with Crippen LogP contribution in [-0.4, -0.2) is 29.2 Å². The van der Waals surface area contributed by atoms with Crippen LogP contribution in [0.3, 0.4) is 0 Å². The number of hydrogen-bond donors (Lipinski definition) is 2. The normalized spacial score (nSPS) is 14.0. The number of benzene rings is 1. The van der Waals surface area contributed by atoms with Gasteiger partial charge in [0.2, 0.25) is 5.91 Å². The predicted molar refractivity (Wildman–Crippen MR) is 60.0 cm³/mol. The maximum absolute atomic E-state index is 11.9. The van der Waals surface area contributed by atoms with Crippen LogP contribution < -0.4 is 11.5 Å². The molecule has 0 saturated carbocycles. The van der Waals surface area contributed by atoms with E-state index >= 15 is 0 Å². The van der Waals surface area contributed by atoms with Gasteiger partial charge in [-0.1, -0.05) is 6.07 Å². The fourth-order valence-corrected chi connectivity index (χ4v) is 1.78. The molecule has 6 heteroatoms. The van der Waals surface area contributed by atoms with Gasteiger partial charge in [0.15, 0.2) is 0 Å². The van der Waals surface area contributed by atoms with E-state index in [4.69, 9.17) is 11.5 Å². The summed E-state index contributed by atoms with van der Waals surface area (Å²) in [5.74, 6) is -1.46. The number of nitrogens with zero attached hydrogens (tertiary/aromatic N) is 1. The van der Waals surface area contributed by atoms with Gasteiger partial charge in [-0.05, 0) is 12.1 Å². The molecule has 4 N–H and O–H groups in total. The lowest BCUT2D eigenvalue weighted by molar-refractivity contribution is -0.118. The van der Waals surface area contributed by atoms with E-state index in [0.717, 1.165) is 4.90 Å². The Morgan fingerprint density at radius 3 is 2.53 bits per heavy atom. The molecule has 6 nitrogen and oxygen atoms in total. The maximum Gasteiger partial charge on any atom is 0.263 e. The van der Waals surface area contributed by atoms with Crippen molar-refractivity contribution >= 4 is 23.4 Å². The Morgan fingerprint density at radius 1 is 1.24 bits per heavy atom. The van der Waals surface area contributed by atoms with Crippen LogP contribution in [0.25, 0.3) is 0 Å². The van der Waals surface area contributed by atoms with Crippen molar-refractivity contribution < 1.29 is 14.4 Å². The smallest absolute Gasteiger partial charge is 0.263 e. The van der Waals surface area contributed by atoms with Gasteiger partial charge in [-0.15, -0.1) is 0 Å². The lowest BCUT2D eigenvalue weighted by Crippen LogP contribution is -2.33. The summed E-state index contributed by atoms with van der Waals surface area (Å²) in [4.78, 5) is 35.4. The second kappa shape index (κ2) is 3.89. The van der Waals surface area contributed by atoms with Crippen molar-refractivity contribution in [3.63, 3.8) is 0 Å². The number of carbonyl (C=O) groups is 3. The second-order valence-corrected chi connectivity index (χ2v) is 3.75. The van der Waals surface area contributed by atoms with Crippen LogP contribution in [0.15, 0.2) is 18.2 Å². The summed E-state index contributed by atoms with van der Waals surface area (Å²) in [6.45, 7) is -0.0128. The van der Waals surface area contributed by atoms with Gasteiger partial charge < -0.3 is 11.5 Å². The first-order chi connectivity index (χ1) is 8.02. The van der Waals surface area contributed by atoms with Crippen LogP contribution in [0, 0.1) is 0 Å². The Hall–Kier alpha value is -2.37. The summed E-state index contributed by atoms with van der Waals surface area (Å²) < 4.78 is 0. The van der Waals surface area contributed by atoms with E-state index in [-0.39, 0.29) is 29.8 Å². The first-order valence-corrected chi connectivity index (χ1v) is 5.05. The number of primary amides is 1. The summed E-state index contributed by atoms with van der Waals surface area (Å²) in [5, 5.41) is 0. The fourth-order valence-electron chi connectivity index (χ4n) is 1.78. The van der Waals surface area contributed by atoms with Crippen LogP contribution in [-0.2, 0) is 4.79 Å². The van der Waals surface area contributed by atoms with Crippen molar-refractivity contribution in [2.24, 2.45) is 5.73 Å². The van der Waals surface area contributed by atoms with Crippen LogP contribution in [0.1, 0.15) is 27.1 Å². The summed E-state index contributed by atoms with van der Waals surface area (Å²) in [6.07, 6.45) is -0.0502. The Labute approximate surface area is 97.2 Å². The molecular formula is C11H11N3O3. The molecule has 1 aromatic carbocycles. The molecule has 1 aliphatic heterocycles. The molecule has 0 radical (unpaired) electrons. The Bertz CT molecular complexity index is 525. The van der Waals surface area contributed by atoms with Crippen molar-refractivity contribution in [2.45, 2.75) is 6.42 Å². The highest BCUT2D eigenvalue weighted by Gasteiger charge is 2.36. The Balaban J connectivity index is 2.33. The minimum absolute atomic E-state index is 0.0128. The van der Waals surface area contributed by atoms with Crippen LogP contribution in [0.4, 0.5) is 5.69 Å². The van der Waals surface area contributed by atoms with Gasteiger partial charge in [-0.3, -0.25) is 19.3 Å². The number of imide groups is 1. The number of nitrogens with two attached hydrogens (primary N) is 2. The topological polar surface area (TPSA) is 106 Å². The highest BCUT2D eigenvalue weighted by atomic mass is 16.2. The van der Waals surface area contributed by atoms with Crippen LogP contribution in [0.2, 0.25) is 0 Å². The van der Waals surface area contributed by atoms with Crippen molar-refractivity contribution in [1.29, 1.82) is 0 Å². The average Bonchev–Trinajstić information content (AvgIpc) is 2.50. The first kappa shape index (κ1) is 11.1. The Morgan fingerprint density at radius 2 is 1.94 bits per heavy atom. The molecule has 2 rings (SSSR count). The number of fused-ring (bicyclic) bond motifs is 1. The van der Waals surface area contributed by atoms with E-state index in [1.807, 2.05) is 0 Å². The van der Waals surface area contributed by atoms with E-state index in [9.17, 15) is 14.4 Å². The zero-order valence-electron chi connectivity index (χ0n) is 8.97. The number of anilines is 1. The molecule has 0 bridgehead atoms. The van der Waals surface area contributed by atoms with Gasteiger partial charge in [0.05, 0.1) is 11.1 Å². The SMILES string of the molecule is NC(=O)CCN1C(=O)c2cccc(N)c2C1=O. The lowest BCUT2D eigenvalue weighted by atomic mass is 10.1. The van der Waals surface area contributed by atoms with Gasteiger partial charge in [-0.25, -0.2) is 0 Å². The number of rotatable bonds is 3. The molecule has 0 atom stereocenters. The monoisotopic (exact) mass is 233 g/mol. The zero-order valence-corrected chi connectivity index (χ0v) is 8.97. The predicted octanol–water partition coefficient (Wildman–Crippen LogP) is -0.260. The van der Waals surface area contributed by atoms with E-state index < -0.39 is 17.7 Å². The van der Waals surface area contributed by atoms with Gasteiger partial charge in [0.1, 0.15) is 0 Å². The molecule has 17 heavy (non-hydrogen) atoms. The molecular weight excluding hydrogens is 222 g/mol. The summed E-state index contributed by atoms with van der Waals surface area (Å²) >= 11 is 0.